The van der Waals surface area contributed by atoms with Crippen molar-refractivity contribution >= 4 is 5.78 Å². The number of carbonyl (C=O) groups is 1. The van der Waals surface area contributed by atoms with Crippen LogP contribution in [0.3, 0.4) is 0 Å². The van der Waals surface area contributed by atoms with Crippen LogP contribution in [0.2, 0.25) is 0 Å². The molecule has 0 saturated heterocycles. The van der Waals surface area contributed by atoms with Crippen molar-refractivity contribution in [3.8, 4) is 11.1 Å². The van der Waals surface area contributed by atoms with Crippen molar-refractivity contribution in [3.63, 3.8) is 0 Å². The van der Waals surface area contributed by atoms with E-state index in [9.17, 15) is 13.6 Å². The SMILES string of the molecule is Cc1ccc(-c2ccc(C(=O)C3CCC(C)CC3)cc2)c(F)c1F. The highest BCUT2D eigenvalue weighted by Crippen LogP contribution is 2.31. The van der Waals surface area contributed by atoms with Gasteiger partial charge in [-0.3, -0.25) is 4.79 Å². The van der Waals surface area contributed by atoms with E-state index in [4.69, 9.17) is 0 Å². The third-order valence-electron chi connectivity index (χ3n) is 5.14. The molecular weight excluding hydrogens is 306 g/mol. The van der Waals surface area contributed by atoms with Gasteiger partial charge in [0.15, 0.2) is 17.4 Å². The van der Waals surface area contributed by atoms with Crippen LogP contribution >= 0.6 is 0 Å². The van der Waals surface area contributed by atoms with Crippen molar-refractivity contribution < 1.29 is 13.6 Å². The van der Waals surface area contributed by atoms with Crippen LogP contribution in [0.1, 0.15) is 48.5 Å². The van der Waals surface area contributed by atoms with Crippen LogP contribution in [0.25, 0.3) is 11.1 Å². The van der Waals surface area contributed by atoms with Crippen molar-refractivity contribution in [2.75, 3.05) is 0 Å². The Morgan fingerprint density at radius 3 is 2.17 bits per heavy atom. The van der Waals surface area contributed by atoms with E-state index in [1.165, 1.54) is 6.92 Å². The predicted octanol–water partition coefficient (Wildman–Crippen LogP) is 5.95. The first-order chi connectivity index (χ1) is 11.5. The van der Waals surface area contributed by atoms with Crippen LogP contribution in [0.5, 0.6) is 0 Å². The molecule has 0 unspecified atom stereocenters. The lowest BCUT2D eigenvalue weighted by Crippen LogP contribution is -2.20. The van der Waals surface area contributed by atoms with Crippen LogP contribution in [0.15, 0.2) is 36.4 Å². The lowest BCUT2D eigenvalue weighted by Gasteiger charge is -2.25. The van der Waals surface area contributed by atoms with Gasteiger partial charge in [0.2, 0.25) is 0 Å². The minimum Gasteiger partial charge on any atom is -0.294 e. The minimum atomic E-state index is -0.838. The van der Waals surface area contributed by atoms with Gasteiger partial charge in [0.1, 0.15) is 0 Å². The molecule has 0 amide bonds. The highest BCUT2D eigenvalue weighted by atomic mass is 19.2. The van der Waals surface area contributed by atoms with Gasteiger partial charge in [-0.2, -0.15) is 0 Å². The number of aryl methyl sites for hydroxylation is 1. The molecule has 0 bridgehead atoms. The van der Waals surface area contributed by atoms with Gasteiger partial charge in [-0.1, -0.05) is 56.2 Å². The van der Waals surface area contributed by atoms with Crippen molar-refractivity contribution in [2.45, 2.75) is 39.5 Å². The van der Waals surface area contributed by atoms with E-state index in [0.29, 0.717) is 17.0 Å². The second kappa shape index (κ2) is 6.84. The molecule has 2 aromatic rings. The molecule has 24 heavy (non-hydrogen) atoms. The van der Waals surface area contributed by atoms with E-state index in [1.807, 2.05) is 0 Å². The number of halogens is 2. The van der Waals surface area contributed by atoms with Crippen molar-refractivity contribution in [1.82, 2.24) is 0 Å². The largest absolute Gasteiger partial charge is 0.294 e. The molecule has 1 nitrogen and oxygen atoms in total. The average Bonchev–Trinajstić information content (AvgIpc) is 2.60. The van der Waals surface area contributed by atoms with Gasteiger partial charge >= 0.3 is 0 Å². The van der Waals surface area contributed by atoms with E-state index in [2.05, 4.69) is 6.92 Å². The summed E-state index contributed by atoms with van der Waals surface area (Å²) in [5, 5.41) is 0. The molecular formula is C21H22F2O. The van der Waals surface area contributed by atoms with Crippen molar-refractivity contribution in [2.24, 2.45) is 11.8 Å². The predicted molar refractivity (Wildman–Crippen MR) is 92.0 cm³/mol. The molecule has 0 aliphatic heterocycles. The molecule has 0 radical (unpaired) electrons. The van der Waals surface area contributed by atoms with Gasteiger partial charge in [-0.15, -0.1) is 0 Å². The second-order valence-electron chi connectivity index (χ2n) is 6.96. The van der Waals surface area contributed by atoms with Crippen LogP contribution in [0.4, 0.5) is 8.78 Å². The molecule has 0 aromatic heterocycles. The Morgan fingerprint density at radius 1 is 0.917 bits per heavy atom. The quantitative estimate of drug-likeness (QED) is 0.636. The van der Waals surface area contributed by atoms with E-state index < -0.39 is 11.6 Å². The molecule has 1 saturated carbocycles. The second-order valence-corrected chi connectivity index (χ2v) is 6.96. The van der Waals surface area contributed by atoms with Gasteiger partial charge < -0.3 is 0 Å². The normalized spacial score (nSPS) is 20.8. The maximum Gasteiger partial charge on any atom is 0.166 e. The summed E-state index contributed by atoms with van der Waals surface area (Å²) in [6.45, 7) is 3.76. The Labute approximate surface area is 141 Å². The first-order valence-electron chi connectivity index (χ1n) is 8.56. The zero-order valence-electron chi connectivity index (χ0n) is 14.1. The van der Waals surface area contributed by atoms with Gasteiger partial charge in [-0.25, -0.2) is 8.78 Å². The van der Waals surface area contributed by atoms with Crippen molar-refractivity contribution in [3.05, 3.63) is 59.2 Å². The van der Waals surface area contributed by atoms with Gasteiger partial charge in [0.05, 0.1) is 0 Å². The van der Waals surface area contributed by atoms with Gasteiger partial charge in [0.25, 0.3) is 0 Å². The summed E-state index contributed by atoms with van der Waals surface area (Å²) in [5.74, 6) is -0.681. The number of hydrogen-bond acceptors (Lipinski definition) is 1. The van der Waals surface area contributed by atoms with Gasteiger partial charge in [0, 0.05) is 17.0 Å². The lowest BCUT2D eigenvalue weighted by atomic mass is 9.79. The first-order valence-corrected chi connectivity index (χ1v) is 8.56. The molecule has 3 rings (SSSR count). The summed E-state index contributed by atoms with van der Waals surface area (Å²) in [5.41, 5.74) is 1.75. The smallest absolute Gasteiger partial charge is 0.166 e. The summed E-state index contributed by atoms with van der Waals surface area (Å²) in [6, 6.07) is 10.0. The summed E-state index contributed by atoms with van der Waals surface area (Å²) >= 11 is 0. The summed E-state index contributed by atoms with van der Waals surface area (Å²) in [6.07, 6.45) is 4.09. The molecule has 0 spiro atoms. The standard InChI is InChI=1S/C21H22F2O/c1-13-3-6-16(7-4-13)21(24)17-10-8-15(9-11-17)18-12-5-14(2)19(22)20(18)23/h5,8-13,16H,3-4,6-7H2,1-2H3. The Morgan fingerprint density at radius 2 is 1.54 bits per heavy atom. The van der Waals surface area contributed by atoms with E-state index in [1.54, 1.807) is 36.4 Å². The molecule has 0 heterocycles. The molecule has 0 atom stereocenters. The summed E-state index contributed by atoms with van der Waals surface area (Å²) < 4.78 is 27.8. The fourth-order valence-electron chi connectivity index (χ4n) is 3.44. The summed E-state index contributed by atoms with van der Waals surface area (Å²) in [7, 11) is 0. The van der Waals surface area contributed by atoms with E-state index in [-0.39, 0.29) is 22.8 Å². The lowest BCUT2D eigenvalue weighted by molar-refractivity contribution is 0.0875. The van der Waals surface area contributed by atoms with E-state index >= 15 is 0 Å². The van der Waals surface area contributed by atoms with Crippen molar-refractivity contribution in [1.29, 1.82) is 0 Å². The molecule has 1 fully saturated rings. The summed E-state index contributed by atoms with van der Waals surface area (Å²) in [4.78, 5) is 12.6. The van der Waals surface area contributed by atoms with E-state index in [0.717, 1.165) is 25.7 Å². The van der Waals surface area contributed by atoms with Crippen LogP contribution in [-0.2, 0) is 0 Å². The number of carbonyl (C=O) groups excluding carboxylic acids is 1. The number of ketones is 1. The molecule has 126 valence electrons. The number of Topliss-reactive ketones (excluding diaryl/α,β-unsaturated/α-hetero) is 1. The number of benzene rings is 2. The average molecular weight is 328 g/mol. The minimum absolute atomic E-state index is 0.0978. The maximum absolute atomic E-state index is 14.1. The topological polar surface area (TPSA) is 17.1 Å². The van der Waals surface area contributed by atoms with Gasteiger partial charge in [-0.05, 0) is 36.8 Å². The fourth-order valence-corrected chi connectivity index (χ4v) is 3.44. The monoisotopic (exact) mass is 328 g/mol. The Balaban J connectivity index is 1.81. The van der Waals surface area contributed by atoms with Crippen LogP contribution < -0.4 is 0 Å². The number of hydrogen-bond donors (Lipinski definition) is 0. The molecule has 0 N–H and O–H groups in total. The Kier molecular flexibility index (Phi) is 4.79. The highest BCUT2D eigenvalue weighted by Gasteiger charge is 2.25. The third kappa shape index (κ3) is 3.26. The Hall–Kier alpha value is -2.03. The van der Waals surface area contributed by atoms with Crippen LogP contribution in [-0.4, -0.2) is 5.78 Å². The maximum atomic E-state index is 14.1. The fraction of sp³-hybridized carbons (Fsp3) is 0.381. The Bertz CT molecular complexity index is 741. The highest BCUT2D eigenvalue weighted by molar-refractivity contribution is 5.98. The molecule has 1 aliphatic carbocycles. The number of rotatable bonds is 3. The zero-order chi connectivity index (χ0) is 17.3. The first kappa shape index (κ1) is 16.8. The van der Waals surface area contributed by atoms with Crippen LogP contribution in [0, 0.1) is 30.4 Å². The third-order valence-corrected chi connectivity index (χ3v) is 5.14. The zero-order valence-corrected chi connectivity index (χ0v) is 14.1. The molecule has 2 aromatic carbocycles. The molecule has 3 heteroatoms. The molecule has 1 aliphatic rings.